The van der Waals surface area contributed by atoms with Crippen molar-refractivity contribution in [2.24, 2.45) is 0 Å². The fourth-order valence-electron chi connectivity index (χ4n) is 2.07. The SMILES string of the molecule is CCN(c1ncc(CNC(C)C)cc1Cl)C1CC1. The van der Waals surface area contributed by atoms with E-state index in [4.69, 9.17) is 11.6 Å². The number of aromatic nitrogens is 1. The predicted molar refractivity (Wildman–Crippen MR) is 77.3 cm³/mol. The Morgan fingerprint density at radius 2 is 2.22 bits per heavy atom. The van der Waals surface area contributed by atoms with E-state index in [1.807, 2.05) is 12.3 Å². The average molecular weight is 268 g/mol. The summed E-state index contributed by atoms with van der Waals surface area (Å²) in [7, 11) is 0. The van der Waals surface area contributed by atoms with Gasteiger partial charge >= 0.3 is 0 Å². The van der Waals surface area contributed by atoms with Gasteiger partial charge in [0.2, 0.25) is 0 Å². The highest BCUT2D eigenvalue weighted by Crippen LogP contribution is 2.34. The Balaban J connectivity index is 2.08. The molecule has 1 saturated carbocycles. The van der Waals surface area contributed by atoms with Crippen molar-refractivity contribution in [1.82, 2.24) is 10.3 Å². The summed E-state index contributed by atoms with van der Waals surface area (Å²) in [5, 5.41) is 4.14. The molecule has 3 nitrogen and oxygen atoms in total. The van der Waals surface area contributed by atoms with E-state index in [-0.39, 0.29) is 0 Å². The Bertz CT molecular complexity index is 402. The van der Waals surface area contributed by atoms with Crippen LogP contribution in [0.5, 0.6) is 0 Å². The largest absolute Gasteiger partial charge is 0.353 e. The van der Waals surface area contributed by atoms with Crippen LogP contribution < -0.4 is 10.2 Å². The van der Waals surface area contributed by atoms with Crippen LogP contribution in [0.2, 0.25) is 5.02 Å². The highest BCUT2D eigenvalue weighted by molar-refractivity contribution is 6.33. The number of hydrogen-bond acceptors (Lipinski definition) is 3. The molecule has 0 saturated heterocycles. The van der Waals surface area contributed by atoms with E-state index in [0.29, 0.717) is 12.1 Å². The second-order valence-electron chi connectivity index (χ2n) is 5.20. The summed E-state index contributed by atoms with van der Waals surface area (Å²) in [4.78, 5) is 6.85. The van der Waals surface area contributed by atoms with E-state index in [1.165, 1.54) is 12.8 Å². The quantitative estimate of drug-likeness (QED) is 0.858. The van der Waals surface area contributed by atoms with Gasteiger partial charge in [0.05, 0.1) is 5.02 Å². The third kappa shape index (κ3) is 3.36. The second kappa shape index (κ2) is 5.89. The molecule has 0 amide bonds. The van der Waals surface area contributed by atoms with E-state index in [9.17, 15) is 0 Å². The van der Waals surface area contributed by atoms with Gasteiger partial charge in [-0.25, -0.2) is 4.98 Å². The van der Waals surface area contributed by atoms with Gasteiger partial charge < -0.3 is 10.2 Å². The monoisotopic (exact) mass is 267 g/mol. The number of pyridine rings is 1. The van der Waals surface area contributed by atoms with Crippen molar-refractivity contribution in [2.75, 3.05) is 11.4 Å². The van der Waals surface area contributed by atoms with E-state index >= 15 is 0 Å². The zero-order valence-electron chi connectivity index (χ0n) is 11.4. The number of nitrogens with one attached hydrogen (secondary N) is 1. The Morgan fingerprint density at radius 3 is 2.72 bits per heavy atom. The molecule has 1 heterocycles. The Hall–Kier alpha value is -0.800. The highest BCUT2D eigenvalue weighted by Gasteiger charge is 2.29. The maximum Gasteiger partial charge on any atom is 0.147 e. The minimum Gasteiger partial charge on any atom is -0.353 e. The third-order valence-electron chi connectivity index (χ3n) is 3.19. The predicted octanol–water partition coefficient (Wildman–Crippen LogP) is 3.22. The van der Waals surface area contributed by atoms with Crippen LogP contribution in [0.1, 0.15) is 39.2 Å². The van der Waals surface area contributed by atoms with Gasteiger partial charge in [0.15, 0.2) is 0 Å². The molecular weight excluding hydrogens is 246 g/mol. The molecule has 1 aromatic rings. The molecule has 0 atom stereocenters. The van der Waals surface area contributed by atoms with Gasteiger partial charge in [-0.1, -0.05) is 25.4 Å². The lowest BCUT2D eigenvalue weighted by molar-refractivity contribution is 0.588. The van der Waals surface area contributed by atoms with Crippen LogP contribution in [0.3, 0.4) is 0 Å². The number of nitrogens with zero attached hydrogens (tertiary/aromatic N) is 2. The molecule has 1 N–H and O–H groups in total. The summed E-state index contributed by atoms with van der Waals surface area (Å²) in [6, 6.07) is 3.16. The molecule has 1 aliphatic carbocycles. The van der Waals surface area contributed by atoms with Crippen molar-refractivity contribution in [3.8, 4) is 0 Å². The molecule has 0 aliphatic heterocycles. The lowest BCUT2D eigenvalue weighted by Gasteiger charge is -2.23. The first-order valence-corrected chi connectivity index (χ1v) is 7.14. The molecule has 1 fully saturated rings. The van der Waals surface area contributed by atoms with Crippen molar-refractivity contribution in [1.29, 1.82) is 0 Å². The van der Waals surface area contributed by atoms with E-state index in [1.54, 1.807) is 0 Å². The molecule has 0 bridgehead atoms. The second-order valence-corrected chi connectivity index (χ2v) is 5.61. The summed E-state index contributed by atoms with van der Waals surface area (Å²) in [5.41, 5.74) is 1.14. The molecule has 100 valence electrons. The zero-order chi connectivity index (χ0) is 13.1. The summed E-state index contributed by atoms with van der Waals surface area (Å²) in [6.07, 6.45) is 4.46. The standard InChI is InChI=1S/C14H22ClN3/c1-4-18(12-5-6-12)14-13(15)7-11(9-17-14)8-16-10(2)3/h7,9-10,12,16H,4-6,8H2,1-3H3. The number of rotatable bonds is 6. The van der Waals surface area contributed by atoms with Crippen molar-refractivity contribution < 1.29 is 0 Å². The molecule has 1 aromatic heterocycles. The van der Waals surface area contributed by atoms with Crippen LogP contribution in [-0.4, -0.2) is 23.6 Å². The molecule has 0 radical (unpaired) electrons. The zero-order valence-corrected chi connectivity index (χ0v) is 12.2. The molecule has 1 aliphatic rings. The fourth-order valence-corrected chi connectivity index (χ4v) is 2.36. The first-order chi connectivity index (χ1) is 8.61. The Labute approximate surface area is 115 Å². The first-order valence-electron chi connectivity index (χ1n) is 6.76. The Morgan fingerprint density at radius 1 is 1.50 bits per heavy atom. The van der Waals surface area contributed by atoms with Gasteiger partial charge in [-0.15, -0.1) is 0 Å². The molecule has 18 heavy (non-hydrogen) atoms. The van der Waals surface area contributed by atoms with Crippen LogP contribution in [-0.2, 0) is 6.54 Å². The van der Waals surface area contributed by atoms with E-state index in [2.05, 4.69) is 36.0 Å². The molecule has 0 unspecified atom stereocenters. The van der Waals surface area contributed by atoms with Crippen molar-refractivity contribution >= 4 is 17.4 Å². The lowest BCUT2D eigenvalue weighted by atomic mass is 10.2. The average Bonchev–Trinajstić information content (AvgIpc) is 3.14. The summed E-state index contributed by atoms with van der Waals surface area (Å²) in [6.45, 7) is 8.22. The smallest absolute Gasteiger partial charge is 0.147 e. The first kappa shape index (κ1) is 13.6. The van der Waals surface area contributed by atoms with Crippen LogP contribution >= 0.6 is 11.6 Å². The number of anilines is 1. The van der Waals surface area contributed by atoms with Gasteiger partial charge in [-0.05, 0) is 31.4 Å². The fraction of sp³-hybridized carbons (Fsp3) is 0.643. The molecule has 0 aromatic carbocycles. The number of hydrogen-bond donors (Lipinski definition) is 1. The van der Waals surface area contributed by atoms with Gasteiger partial charge in [-0.3, -0.25) is 0 Å². The van der Waals surface area contributed by atoms with Crippen LogP contribution in [0, 0.1) is 0 Å². The van der Waals surface area contributed by atoms with Crippen LogP contribution in [0.4, 0.5) is 5.82 Å². The maximum absolute atomic E-state index is 6.36. The number of halogens is 1. The summed E-state index contributed by atoms with van der Waals surface area (Å²) < 4.78 is 0. The highest BCUT2D eigenvalue weighted by atomic mass is 35.5. The topological polar surface area (TPSA) is 28.2 Å². The van der Waals surface area contributed by atoms with E-state index < -0.39 is 0 Å². The van der Waals surface area contributed by atoms with Gasteiger partial charge in [0.25, 0.3) is 0 Å². The van der Waals surface area contributed by atoms with Gasteiger partial charge in [0.1, 0.15) is 5.82 Å². The van der Waals surface area contributed by atoms with E-state index in [0.717, 1.165) is 29.5 Å². The van der Waals surface area contributed by atoms with Crippen molar-refractivity contribution in [3.63, 3.8) is 0 Å². The minimum atomic E-state index is 0.474. The van der Waals surface area contributed by atoms with Crippen molar-refractivity contribution in [2.45, 2.75) is 52.2 Å². The molecular formula is C14H22ClN3. The summed E-state index contributed by atoms with van der Waals surface area (Å²) >= 11 is 6.36. The van der Waals surface area contributed by atoms with Crippen LogP contribution in [0.15, 0.2) is 12.3 Å². The minimum absolute atomic E-state index is 0.474. The Kier molecular flexibility index (Phi) is 4.46. The maximum atomic E-state index is 6.36. The normalized spacial score (nSPS) is 15.2. The molecule has 0 spiro atoms. The van der Waals surface area contributed by atoms with Gasteiger partial charge in [-0.2, -0.15) is 0 Å². The summed E-state index contributed by atoms with van der Waals surface area (Å²) in [5.74, 6) is 0.940. The third-order valence-corrected chi connectivity index (χ3v) is 3.47. The van der Waals surface area contributed by atoms with Crippen molar-refractivity contribution in [3.05, 3.63) is 22.8 Å². The van der Waals surface area contributed by atoms with Gasteiger partial charge in [0, 0.05) is 31.4 Å². The molecule has 2 rings (SSSR count). The lowest BCUT2D eigenvalue weighted by Crippen LogP contribution is -2.26. The molecule has 4 heteroatoms. The van der Waals surface area contributed by atoms with Crippen LogP contribution in [0.25, 0.3) is 0 Å².